The smallest absolute Gasteiger partial charge is 0.294 e. The molecule has 46 heavy (non-hydrogen) atoms. The molecule has 2 aromatic carbocycles. The van der Waals surface area contributed by atoms with Crippen molar-refractivity contribution in [3.63, 3.8) is 0 Å². The Balaban J connectivity index is 0.000000186. The number of ether oxygens (including phenoxy) is 4. The quantitative estimate of drug-likeness (QED) is 0.187. The minimum Gasteiger partial charge on any atom is -0.744 e. The van der Waals surface area contributed by atoms with Crippen molar-refractivity contribution >= 4 is 42.9 Å². The molecule has 0 fully saturated rings. The average molecular weight is 708 g/mol. The molecule has 2 aliphatic rings. The first-order valence-corrected chi connectivity index (χ1v) is 19.2. The fraction of sp³-hybridized carbons (Fsp3) is 0.375. The first-order chi connectivity index (χ1) is 21.8. The molecule has 2 unspecified atom stereocenters. The molecule has 14 heteroatoms. The summed E-state index contributed by atoms with van der Waals surface area (Å²) < 4.78 is 87.4. The van der Waals surface area contributed by atoms with Crippen LogP contribution in [0, 0.1) is 13.8 Å². The number of thiophene rings is 2. The van der Waals surface area contributed by atoms with Gasteiger partial charge in [-0.3, -0.25) is 4.55 Å². The molecule has 0 amide bonds. The molecule has 2 aliphatic heterocycles. The number of hydrogen-bond donors (Lipinski definition) is 1. The van der Waals surface area contributed by atoms with Crippen molar-refractivity contribution in [1.82, 2.24) is 0 Å². The van der Waals surface area contributed by atoms with Gasteiger partial charge in [-0.25, -0.2) is 8.42 Å². The first kappa shape index (κ1) is 34.2. The van der Waals surface area contributed by atoms with Crippen LogP contribution in [0.25, 0.3) is 9.75 Å². The fourth-order valence-corrected chi connectivity index (χ4v) is 8.62. The Morgan fingerprint density at radius 3 is 1.54 bits per heavy atom. The lowest BCUT2D eigenvalue weighted by Crippen LogP contribution is -2.15. The van der Waals surface area contributed by atoms with Gasteiger partial charge in [0.05, 0.1) is 19.5 Å². The van der Waals surface area contributed by atoms with Gasteiger partial charge >= 0.3 is 0 Å². The maximum Gasteiger partial charge on any atom is 0.294 e. The zero-order valence-corrected chi connectivity index (χ0v) is 29.0. The van der Waals surface area contributed by atoms with Gasteiger partial charge in [-0.1, -0.05) is 38.1 Å². The Kier molecular flexibility index (Phi) is 10.3. The molecule has 4 heterocycles. The van der Waals surface area contributed by atoms with E-state index in [2.05, 4.69) is 13.8 Å². The maximum atomic E-state index is 11.1. The van der Waals surface area contributed by atoms with Crippen LogP contribution in [-0.4, -0.2) is 52.4 Å². The zero-order chi connectivity index (χ0) is 33.2. The van der Waals surface area contributed by atoms with Gasteiger partial charge in [-0.05, 0) is 73.9 Å². The third-order valence-corrected chi connectivity index (χ3v) is 11.9. The minimum absolute atomic E-state index is 0.115. The number of benzene rings is 2. The van der Waals surface area contributed by atoms with Gasteiger partial charge in [0.2, 0.25) is 0 Å². The van der Waals surface area contributed by atoms with Crippen molar-refractivity contribution in [2.45, 2.75) is 62.2 Å². The maximum absolute atomic E-state index is 11.1. The van der Waals surface area contributed by atoms with Crippen LogP contribution in [-0.2, 0) is 20.2 Å². The van der Waals surface area contributed by atoms with E-state index in [1.807, 2.05) is 13.8 Å². The summed E-state index contributed by atoms with van der Waals surface area (Å²) in [4.78, 5) is 4.09. The molecule has 0 aliphatic carbocycles. The molecule has 6 rings (SSSR count). The van der Waals surface area contributed by atoms with E-state index in [0.29, 0.717) is 26.4 Å². The highest BCUT2D eigenvalue weighted by atomic mass is 32.2. The van der Waals surface area contributed by atoms with Crippen LogP contribution in [0.1, 0.15) is 59.4 Å². The summed E-state index contributed by atoms with van der Waals surface area (Å²) in [7, 11) is -8.66. The number of hydrogen-bond acceptors (Lipinski definition) is 11. The van der Waals surface area contributed by atoms with Crippen molar-refractivity contribution in [3.05, 3.63) is 69.4 Å². The Bertz CT molecular complexity index is 1830. The summed E-state index contributed by atoms with van der Waals surface area (Å²) in [5.41, 5.74) is 1.89. The number of rotatable bonds is 8. The van der Waals surface area contributed by atoms with Crippen LogP contribution in [0.2, 0.25) is 0 Å². The van der Waals surface area contributed by atoms with Crippen LogP contribution in [0.3, 0.4) is 0 Å². The highest BCUT2D eigenvalue weighted by Crippen LogP contribution is 2.57. The van der Waals surface area contributed by atoms with E-state index in [1.165, 1.54) is 24.3 Å². The van der Waals surface area contributed by atoms with E-state index < -0.39 is 20.2 Å². The third kappa shape index (κ3) is 7.53. The molecule has 0 saturated heterocycles. The SMILES string of the molecule is CCC(CC(C)c1ccc(S(=O)(=O)[O-])cc1)c1ccc(S(=O)(=O)O)cc1.Cc1sc(-c2sc(C)c3c2OCCO3)c2c1OCCO2. The molecular weight excluding hydrogens is 673 g/mol. The Hall–Kier alpha value is -3.14. The lowest BCUT2D eigenvalue weighted by Gasteiger charge is -2.21. The second-order valence-electron chi connectivity index (χ2n) is 11.0. The van der Waals surface area contributed by atoms with E-state index in [0.717, 1.165) is 66.5 Å². The lowest BCUT2D eigenvalue weighted by atomic mass is 9.85. The Labute approximate surface area is 277 Å². The predicted molar refractivity (Wildman–Crippen MR) is 176 cm³/mol. The molecule has 2 atom stereocenters. The van der Waals surface area contributed by atoms with Crippen molar-refractivity contribution in [2.24, 2.45) is 0 Å². The summed E-state index contributed by atoms with van der Waals surface area (Å²) >= 11 is 3.39. The molecule has 4 aromatic rings. The van der Waals surface area contributed by atoms with Gasteiger partial charge < -0.3 is 23.5 Å². The fourth-order valence-electron chi connectivity index (χ4n) is 5.46. The molecule has 0 spiro atoms. The van der Waals surface area contributed by atoms with Crippen LogP contribution in [0.5, 0.6) is 23.0 Å². The highest BCUT2D eigenvalue weighted by molar-refractivity contribution is 7.86. The topological polar surface area (TPSA) is 148 Å². The minimum atomic E-state index is -4.45. The summed E-state index contributed by atoms with van der Waals surface area (Å²) in [6, 6.07) is 12.1. The van der Waals surface area contributed by atoms with Gasteiger partial charge in [0, 0.05) is 9.75 Å². The molecule has 0 saturated carbocycles. The molecule has 0 radical (unpaired) electrons. The van der Waals surface area contributed by atoms with Crippen LogP contribution >= 0.6 is 22.7 Å². The largest absolute Gasteiger partial charge is 0.744 e. The summed E-state index contributed by atoms with van der Waals surface area (Å²) in [5.74, 6) is 3.77. The van der Waals surface area contributed by atoms with Crippen molar-refractivity contribution in [3.8, 4) is 32.8 Å². The van der Waals surface area contributed by atoms with Crippen molar-refractivity contribution < 1.29 is 44.9 Å². The van der Waals surface area contributed by atoms with E-state index in [4.69, 9.17) is 23.5 Å². The molecular formula is C32H35O10S4-. The highest BCUT2D eigenvalue weighted by Gasteiger charge is 2.30. The molecule has 10 nitrogen and oxygen atoms in total. The van der Waals surface area contributed by atoms with Crippen LogP contribution in [0.4, 0.5) is 0 Å². The monoisotopic (exact) mass is 707 g/mol. The van der Waals surface area contributed by atoms with Crippen molar-refractivity contribution in [2.75, 3.05) is 26.4 Å². The van der Waals surface area contributed by atoms with Gasteiger partial charge in [-0.2, -0.15) is 8.42 Å². The number of fused-ring (bicyclic) bond motifs is 2. The average Bonchev–Trinajstić information content (AvgIpc) is 3.55. The van der Waals surface area contributed by atoms with Crippen LogP contribution < -0.4 is 18.9 Å². The molecule has 1 N–H and O–H groups in total. The Morgan fingerprint density at radius 1 is 0.717 bits per heavy atom. The first-order valence-electron chi connectivity index (χ1n) is 14.7. The van der Waals surface area contributed by atoms with Crippen LogP contribution in [0.15, 0.2) is 58.3 Å². The third-order valence-electron chi connectivity index (χ3n) is 7.85. The van der Waals surface area contributed by atoms with E-state index in [9.17, 15) is 21.4 Å². The van der Waals surface area contributed by atoms with E-state index in [-0.39, 0.29) is 21.6 Å². The molecule has 0 bridgehead atoms. The second-order valence-corrected chi connectivity index (χ2v) is 16.2. The van der Waals surface area contributed by atoms with E-state index >= 15 is 0 Å². The van der Waals surface area contributed by atoms with Gasteiger partial charge in [0.15, 0.2) is 23.0 Å². The van der Waals surface area contributed by atoms with Gasteiger partial charge in [0.1, 0.15) is 36.5 Å². The van der Waals surface area contributed by atoms with E-state index in [1.54, 1.807) is 46.9 Å². The summed E-state index contributed by atoms with van der Waals surface area (Å²) in [6.45, 7) is 10.6. The molecule has 248 valence electrons. The summed E-state index contributed by atoms with van der Waals surface area (Å²) in [6.07, 6.45) is 1.60. The normalized spacial score (nSPS) is 15.4. The van der Waals surface area contributed by atoms with Gasteiger partial charge in [0.25, 0.3) is 10.1 Å². The lowest BCUT2D eigenvalue weighted by molar-refractivity contribution is 0.171. The Morgan fingerprint density at radius 2 is 1.13 bits per heavy atom. The zero-order valence-electron chi connectivity index (χ0n) is 25.8. The number of aryl methyl sites for hydroxylation is 2. The second kappa shape index (κ2) is 13.9. The van der Waals surface area contributed by atoms with Gasteiger partial charge in [-0.15, -0.1) is 22.7 Å². The molecule has 2 aromatic heterocycles. The predicted octanol–water partition coefficient (Wildman–Crippen LogP) is 7.16. The van der Waals surface area contributed by atoms with Crippen molar-refractivity contribution in [1.29, 1.82) is 0 Å². The summed E-state index contributed by atoms with van der Waals surface area (Å²) in [5, 5.41) is 0. The standard InChI is InChI=1S/C18H22O6S2.C14H14O4S2/c1-3-14(16-6-10-18(11-7-16)26(22,23)24)12-13(2)15-4-8-17(9-5-15)25(19,20)21;1-7-9-11(17-5-3-15-9)13(19-7)14-12-10(8(2)20-14)16-4-6-18-12/h4-11,13-14H,3,12H2,1-2H3,(H,19,20,21)(H,22,23,24);3-6H2,1-2H3/p-1.